The lowest BCUT2D eigenvalue weighted by atomic mass is 9.91. The summed E-state index contributed by atoms with van der Waals surface area (Å²) in [5.41, 5.74) is 6.80. The summed E-state index contributed by atoms with van der Waals surface area (Å²) in [6.45, 7) is 0. The zero-order chi connectivity index (χ0) is 12.5. The Labute approximate surface area is 101 Å². The number of anilines is 1. The van der Waals surface area contributed by atoms with Gasteiger partial charge in [-0.05, 0) is 30.5 Å². The molecule has 2 rings (SSSR count). The predicted octanol–water partition coefficient (Wildman–Crippen LogP) is 0.211. The lowest BCUT2D eigenvalue weighted by Crippen LogP contribution is -2.46. The largest absolute Gasteiger partial charge is 0.399 e. The van der Waals surface area contributed by atoms with E-state index in [-0.39, 0.29) is 17.9 Å². The molecule has 0 aliphatic heterocycles. The third-order valence-corrected chi connectivity index (χ3v) is 4.17. The van der Waals surface area contributed by atoms with Gasteiger partial charge in [0.15, 0.2) is 0 Å². The third kappa shape index (κ3) is 3.42. The van der Waals surface area contributed by atoms with Crippen molar-refractivity contribution in [2.75, 3.05) is 5.73 Å². The first-order valence-electron chi connectivity index (χ1n) is 5.47. The minimum atomic E-state index is -3.35. The highest BCUT2D eigenvalue weighted by molar-refractivity contribution is 7.88. The average Bonchev–Trinajstić information content (AvgIpc) is 2.13. The van der Waals surface area contributed by atoms with Crippen LogP contribution in [0.15, 0.2) is 24.3 Å². The van der Waals surface area contributed by atoms with Crippen LogP contribution >= 0.6 is 0 Å². The van der Waals surface area contributed by atoms with Gasteiger partial charge in [-0.15, -0.1) is 0 Å². The first-order chi connectivity index (χ1) is 7.94. The van der Waals surface area contributed by atoms with Crippen LogP contribution in [0.25, 0.3) is 0 Å². The maximum absolute atomic E-state index is 11.8. The number of nitrogens with two attached hydrogens (primary N) is 1. The molecule has 0 bridgehead atoms. The molecule has 0 spiro atoms. The molecule has 1 aliphatic carbocycles. The number of nitrogens with one attached hydrogen (secondary N) is 1. The Bertz CT molecular complexity index is 495. The lowest BCUT2D eigenvalue weighted by Gasteiger charge is -2.31. The fraction of sp³-hybridized carbons (Fsp3) is 0.455. The SMILES string of the molecule is Nc1cccc(CS(=O)(=O)NC2CC(O)C2)c1. The molecule has 0 saturated heterocycles. The Kier molecular flexibility index (Phi) is 3.37. The standard InChI is InChI=1S/C11H16N2O3S/c12-9-3-1-2-8(4-9)7-17(15,16)13-10-5-11(14)6-10/h1-4,10-11,13-14H,5-7,12H2. The minimum absolute atomic E-state index is 0.0787. The first-order valence-corrected chi connectivity index (χ1v) is 7.12. The summed E-state index contributed by atoms with van der Waals surface area (Å²) >= 11 is 0. The number of aliphatic hydroxyl groups is 1. The van der Waals surface area contributed by atoms with Gasteiger partial charge < -0.3 is 10.8 Å². The number of sulfonamides is 1. The molecular formula is C11H16N2O3S. The van der Waals surface area contributed by atoms with E-state index in [1.807, 2.05) is 0 Å². The molecule has 0 amide bonds. The fourth-order valence-corrected chi connectivity index (χ4v) is 3.28. The zero-order valence-electron chi connectivity index (χ0n) is 9.33. The Morgan fingerprint density at radius 1 is 1.41 bits per heavy atom. The molecule has 94 valence electrons. The van der Waals surface area contributed by atoms with Gasteiger partial charge in [0.1, 0.15) is 0 Å². The van der Waals surface area contributed by atoms with Crippen LogP contribution in [0.2, 0.25) is 0 Å². The van der Waals surface area contributed by atoms with E-state index in [2.05, 4.69) is 4.72 Å². The van der Waals surface area contributed by atoms with E-state index in [4.69, 9.17) is 10.8 Å². The summed E-state index contributed by atoms with van der Waals surface area (Å²) < 4.78 is 26.1. The maximum Gasteiger partial charge on any atom is 0.216 e. The van der Waals surface area contributed by atoms with Gasteiger partial charge in [-0.25, -0.2) is 13.1 Å². The van der Waals surface area contributed by atoms with Gasteiger partial charge in [0.2, 0.25) is 10.0 Å². The molecule has 1 fully saturated rings. The average molecular weight is 256 g/mol. The summed E-state index contributed by atoms with van der Waals surface area (Å²) in [6.07, 6.45) is 0.627. The molecule has 0 radical (unpaired) electrons. The molecule has 1 aromatic carbocycles. The molecule has 0 aromatic heterocycles. The van der Waals surface area contributed by atoms with E-state index in [0.717, 1.165) is 0 Å². The van der Waals surface area contributed by atoms with Gasteiger partial charge in [-0.2, -0.15) is 0 Å². The van der Waals surface area contributed by atoms with Crippen LogP contribution in [-0.2, 0) is 15.8 Å². The molecule has 0 heterocycles. The summed E-state index contributed by atoms with van der Waals surface area (Å²) in [6, 6.07) is 6.69. The van der Waals surface area contributed by atoms with Gasteiger partial charge in [-0.3, -0.25) is 0 Å². The van der Waals surface area contributed by atoms with E-state index in [9.17, 15) is 8.42 Å². The number of aliphatic hydroxyl groups excluding tert-OH is 1. The normalized spacial score (nSPS) is 24.3. The smallest absolute Gasteiger partial charge is 0.216 e. The molecule has 4 N–H and O–H groups in total. The summed E-state index contributed by atoms with van der Waals surface area (Å²) in [5.74, 6) is -0.0787. The molecular weight excluding hydrogens is 240 g/mol. The Morgan fingerprint density at radius 3 is 2.71 bits per heavy atom. The van der Waals surface area contributed by atoms with Crippen molar-refractivity contribution in [3.8, 4) is 0 Å². The van der Waals surface area contributed by atoms with Crippen LogP contribution in [0.4, 0.5) is 5.69 Å². The predicted molar refractivity (Wildman–Crippen MR) is 65.6 cm³/mol. The molecule has 1 saturated carbocycles. The van der Waals surface area contributed by atoms with Crippen molar-refractivity contribution >= 4 is 15.7 Å². The second-order valence-corrected chi connectivity index (χ2v) is 6.20. The van der Waals surface area contributed by atoms with Crippen molar-refractivity contribution in [3.63, 3.8) is 0 Å². The van der Waals surface area contributed by atoms with E-state index in [1.54, 1.807) is 24.3 Å². The summed E-state index contributed by atoms with van der Waals surface area (Å²) in [5, 5.41) is 9.09. The Morgan fingerprint density at radius 2 is 2.12 bits per heavy atom. The third-order valence-electron chi connectivity index (χ3n) is 2.77. The van der Waals surface area contributed by atoms with Gasteiger partial charge in [0, 0.05) is 11.7 Å². The van der Waals surface area contributed by atoms with Crippen molar-refractivity contribution in [1.82, 2.24) is 4.72 Å². The van der Waals surface area contributed by atoms with Crippen molar-refractivity contribution in [3.05, 3.63) is 29.8 Å². The zero-order valence-corrected chi connectivity index (χ0v) is 10.2. The highest BCUT2D eigenvalue weighted by Gasteiger charge is 2.30. The molecule has 6 heteroatoms. The van der Waals surface area contributed by atoms with Crippen molar-refractivity contribution in [2.45, 2.75) is 30.7 Å². The summed E-state index contributed by atoms with van der Waals surface area (Å²) in [7, 11) is -3.35. The molecule has 17 heavy (non-hydrogen) atoms. The van der Waals surface area contributed by atoms with Gasteiger partial charge in [-0.1, -0.05) is 12.1 Å². The second kappa shape index (κ2) is 4.64. The maximum atomic E-state index is 11.8. The van der Waals surface area contributed by atoms with Crippen molar-refractivity contribution in [2.24, 2.45) is 0 Å². The molecule has 0 unspecified atom stereocenters. The van der Waals surface area contributed by atoms with Gasteiger partial charge in [0.25, 0.3) is 0 Å². The molecule has 1 aliphatic rings. The Balaban J connectivity index is 1.97. The quantitative estimate of drug-likeness (QED) is 0.671. The lowest BCUT2D eigenvalue weighted by molar-refractivity contribution is 0.0712. The van der Waals surface area contributed by atoms with Crippen LogP contribution in [0, 0.1) is 0 Å². The molecule has 0 atom stereocenters. The van der Waals surface area contributed by atoms with Crippen molar-refractivity contribution in [1.29, 1.82) is 0 Å². The van der Waals surface area contributed by atoms with E-state index < -0.39 is 10.0 Å². The number of hydrogen-bond acceptors (Lipinski definition) is 4. The monoisotopic (exact) mass is 256 g/mol. The van der Waals surface area contributed by atoms with Crippen LogP contribution in [-0.4, -0.2) is 25.7 Å². The van der Waals surface area contributed by atoms with Gasteiger partial charge >= 0.3 is 0 Å². The van der Waals surface area contributed by atoms with Gasteiger partial charge in [0.05, 0.1) is 11.9 Å². The van der Waals surface area contributed by atoms with Crippen LogP contribution in [0.1, 0.15) is 18.4 Å². The van der Waals surface area contributed by atoms with Crippen LogP contribution < -0.4 is 10.5 Å². The summed E-state index contributed by atoms with van der Waals surface area (Å²) in [4.78, 5) is 0. The highest BCUT2D eigenvalue weighted by atomic mass is 32.2. The number of benzene rings is 1. The Hall–Kier alpha value is -1.11. The van der Waals surface area contributed by atoms with Crippen LogP contribution in [0.5, 0.6) is 0 Å². The number of rotatable bonds is 4. The molecule has 1 aromatic rings. The topological polar surface area (TPSA) is 92.4 Å². The second-order valence-electron chi connectivity index (χ2n) is 4.44. The van der Waals surface area contributed by atoms with E-state index in [1.165, 1.54) is 0 Å². The van der Waals surface area contributed by atoms with E-state index in [0.29, 0.717) is 24.1 Å². The number of hydrogen-bond donors (Lipinski definition) is 3. The van der Waals surface area contributed by atoms with Crippen LogP contribution in [0.3, 0.4) is 0 Å². The number of nitrogen functional groups attached to an aromatic ring is 1. The van der Waals surface area contributed by atoms with E-state index >= 15 is 0 Å². The highest BCUT2D eigenvalue weighted by Crippen LogP contribution is 2.21. The van der Waals surface area contributed by atoms with Crippen molar-refractivity contribution < 1.29 is 13.5 Å². The fourth-order valence-electron chi connectivity index (χ4n) is 1.88. The molecule has 5 nitrogen and oxygen atoms in total. The minimum Gasteiger partial charge on any atom is -0.399 e. The first kappa shape index (κ1) is 12.3.